The predicted molar refractivity (Wildman–Crippen MR) is 51.1 cm³/mol. The molecular weight excluding hydrogens is 164 g/mol. The largest absolute Gasteiger partial charge is 0.368 e. The first-order valence-corrected chi connectivity index (χ1v) is 5.18. The van der Waals surface area contributed by atoms with Crippen LogP contribution in [0.3, 0.4) is 0 Å². The highest BCUT2D eigenvalue weighted by Crippen LogP contribution is 2.40. The Kier molecular flexibility index (Phi) is 2.06. The highest BCUT2D eigenvalue weighted by atomic mass is 16.1. The van der Waals surface area contributed by atoms with E-state index in [1.165, 1.54) is 12.8 Å². The molecule has 0 heterocycles. The molecular formula is C10H18N2O. The Bertz CT molecular complexity index is 221. The van der Waals surface area contributed by atoms with Crippen LogP contribution in [0.5, 0.6) is 0 Å². The van der Waals surface area contributed by atoms with Crippen LogP contribution < -0.4 is 11.1 Å². The molecule has 2 aliphatic carbocycles. The van der Waals surface area contributed by atoms with Crippen molar-refractivity contribution in [2.75, 3.05) is 6.54 Å². The standard InChI is InChI=1S/C10H18N2O/c1-10(9(11)13,8-4-5-8)12-6-7-2-3-7/h7-8,12H,2-6H2,1H3,(H2,11,13). The molecule has 0 aromatic carbocycles. The summed E-state index contributed by atoms with van der Waals surface area (Å²) >= 11 is 0. The van der Waals surface area contributed by atoms with Crippen LogP contribution in [-0.4, -0.2) is 18.0 Å². The number of amides is 1. The smallest absolute Gasteiger partial charge is 0.237 e. The summed E-state index contributed by atoms with van der Waals surface area (Å²) in [7, 11) is 0. The van der Waals surface area contributed by atoms with Crippen molar-refractivity contribution in [1.29, 1.82) is 0 Å². The average molecular weight is 182 g/mol. The Labute approximate surface area is 79.1 Å². The zero-order valence-corrected chi connectivity index (χ0v) is 8.18. The lowest BCUT2D eigenvalue weighted by Gasteiger charge is -2.27. The summed E-state index contributed by atoms with van der Waals surface area (Å²) in [6.45, 7) is 2.92. The van der Waals surface area contributed by atoms with Gasteiger partial charge in [-0.15, -0.1) is 0 Å². The molecule has 13 heavy (non-hydrogen) atoms. The van der Waals surface area contributed by atoms with Crippen molar-refractivity contribution in [3.63, 3.8) is 0 Å². The number of nitrogens with one attached hydrogen (secondary N) is 1. The fraction of sp³-hybridized carbons (Fsp3) is 0.900. The van der Waals surface area contributed by atoms with Crippen molar-refractivity contribution in [3.8, 4) is 0 Å². The summed E-state index contributed by atoms with van der Waals surface area (Å²) in [6, 6.07) is 0. The second-order valence-corrected chi connectivity index (χ2v) is 4.67. The van der Waals surface area contributed by atoms with E-state index in [0.717, 1.165) is 25.3 Å². The van der Waals surface area contributed by atoms with Gasteiger partial charge in [0.2, 0.25) is 5.91 Å². The van der Waals surface area contributed by atoms with E-state index in [1.54, 1.807) is 0 Å². The molecule has 0 aromatic rings. The average Bonchev–Trinajstić information content (AvgIpc) is 2.89. The van der Waals surface area contributed by atoms with Gasteiger partial charge in [0.1, 0.15) is 0 Å². The second kappa shape index (κ2) is 2.98. The van der Waals surface area contributed by atoms with Crippen LogP contribution in [0, 0.1) is 11.8 Å². The van der Waals surface area contributed by atoms with Gasteiger partial charge in [-0.1, -0.05) is 0 Å². The number of carbonyl (C=O) groups is 1. The molecule has 2 fully saturated rings. The van der Waals surface area contributed by atoms with E-state index in [2.05, 4.69) is 5.32 Å². The Morgan fingerprint density at radius 2 is 2.08 bits per heavy atom. The van der Waals surface area contributed by atoms with Gasteiger partial charge in [-0.2, -0.15) is 0 Å². The molecule has 3 N–H and O–H groups in total. The van der Waals surface area contributed by atoms with Crippen molar-refractivity contribution in [3.05, 3.63) is 0 Å². The summed E-state index contributed by atoms with van der Waals surface area (Å²) in [4.78, 5) is 11.3. The molecule has 3 heteroatoms. The van der Waals surface area contributed by atoms with Gasteiger partial charge in [-0.3, -0.25) is 4.79 Å². The molecule has 3 nitrogen and oxygen atoms in total. The van der Waals surface area contributed by atoms with Gasteiger partial charge in [0.25, 0.3) is 0 Å². The number of carbonyl (C=O) groups excluding carboxylic acids is 1. The van der Waals surface area contributed by atoms with Crippen LogP contribution in [0.4, 0.5) is 0 Å². The van der Waals surface area contributed by atoms with E-state index in [4.69, 9.17) is 5.73 Å². The fourth-order valence-corrected chi connectivity index (χ4v) is 1.77. The molecule has 0 spiro atoms. The molecule has 0 aliphatic heterocycles. The van der Waals surface area contributed by atoms with Crippen molar-refractivity contribution in [1.82, 2.24) is 5.32 Å². The molecule has 74 valence electrons. The van der Waals surface area contributed by atoms with Crippen LogP contribution in [-0.2, 0) is 4.79 Å². The summed E-state index contributed by atoms with van der Waals surface area (Å²) in [5.74, 6) is 1.11. The van der Waals surface area contributed by atoms with E-state index in [9.17, 15) is 4.79 Å². The summed E-state index contributed by atoms with van der Waals surface area (Å²) in [5.41, 5.74) is 4.99. The molecule has 1 amide bonds. The topological polar surface area (TPSA) is 55.1 Å². The zero-order valence-electron chi connectivity index (χ0n) is 8.18. The van der Waals surface area contributed by atoms with Gasteiger partial charge in [-0.05, 0) is 51.0 Å². The minimum Gasteiger partial charge on any atom is -0.368 e. The third-order valence-corrected chi connectivity index (χ3v) is 3.36. The lowest BCUT2D eigenvalue weighted by Crippen LogP contribution is -2.55. The normalized spacial score (nSPS) is 26.8. The lowest BCUT2D eigenvalue weighted by atomic mass is 9.95. The maximum atomic E-state index is 11.3. The SMILES string of the molecule is CC(NCC1CC1)(C(N)=O)C1CC1. The predicted octanol–water partition coefficient (Wildman–Crippen LogP) is 0.640. The number of hydrogen-bond donors (Lipinski definition) is 2. The van der Waals surface area contributed by atoms with Crippen molar-refractivity contribution in [2.45, 2.75) is 38.1 Å². The Hall–Kier alpha value is -0.570. The first kappa shape index (κ1) is 9.00. The molecule has 0 radical (unpaired) electrons. The van der Waals surface area contributed by atoms with Crippen molar-refractivity contribution < 1.29 is 4.79 Å². The highest BCUT2D eigenvalue weighted by molar-refractivity contribution is 5.85. The van der Waals surface area contributed by atoms with Gasteiger partial charge >= 0.3 is 0 Å². The van der Waals surface area contributed by atoms with Crippen LogP contribution in [0.1, 0.15) is 32.6 Å². The van der Waals surface area contributed by atoms with Gasteiger partial charge in [0.05, 0.1) is 5.54 Å². The van der Waals surface area contributed by atoms with Crippen LogP contribution >= 0.6 is 0 Å². The first-order valence-electron chi connectivity index (χ1n) is 5.18. The maximum absolute atomic E-state index is 11.3. The van der Waals surface area contributed by atoms with E-state index in [1.807, 2.05) is 6.92 Å². The van der Waals surface area contributed by atoms with E-state index >= 15 is 0 Å². The van der Waals surface area contributed by atoms with Gasteiger partial charge < -0.3 is 11.1 Å². The van der Waals surface area contributed by atoms with Gasteiger partial charge in [0, 0.05) is 0 Å². The quantitative estimate of drug-likeness (QED) is 0.655. The Morgan fingerprint density at radius 3 is 2.46 bits per heavy atom. The van der Waals surface area contributed by atoms with Crippen LogP contribution in [0.25, 0.3) is 0 Å². The summed E-state index contributed by atoms with van der Waals surface area (Å²) in [5, 5.41) is 3.34. The third kappa shape index (κ3) is 1.85. The first-order chi connectivity index (χ1) is 6.13. The third-order valence-electron chi connectivity index (χ3n) is 3.36. The molecule has 0 bridgehead atoms. The summed E-state index contributed by atoms with van der Waals surface area (Å²) in [6.07, 6.45) is 4.92. The van der Waals surface area contributed by atoms with Gasteiger partial charge in [-0.25, -0.2) is 0 Å². The van der Waals surface area contributed by atoms with Crippen molar-refractivity contribution in [2.24, 2.45) is 17.6 Å². The van der Waals surface area contributed by atoms with E-state index in [0.29, 0.717) is 5.92 Å². The Balaban J connectivity index is 1.90. The van der Waals surface area contributed by atoms with Crippen LogP contribution in [0.15, 0.2) is 0 Å². The Morgan fingerprint density at radius 1 is 1.46 bits per heavy atom. The summed E-state index contributed by atoms with van der Waals surface area (Å²) < 4.78 is 0. The van der Waals surface area contributed by atoms with E-state index < -0.39 is 5.54 Å². The molecule has 0 aromatic heterocycles. The molecule has 2 saturated carbocycles. The van der Waals surface area contributed by atoms with E-state index in [-0.39, 0.29) is 5.91 Å². The number of rotatable bonds is 5. The lowest BCUT2D eigenvalue weighted by molar-refractivity contribution is -0.124. The van der Waals surface area contributed by atoms with Gasteiger partial charge in [0.15, 0.2) is 0 Å². The zero-order chi connectivity index (χ0) is 9.47. The number of primary amides is 1. The molecule has 1 unspecified atom stereocenters. The molecule has 1 atom stereocenters. The van der Waals surface area contributed by atoms with Crippen LogP contribution in [0.2, 0.25) is 0 Å². The van der Waals surface area contributed by atoms with Crippen molar-refractivity contribution >= 4 is 5.91 Å². The maximum Gasteiger partial charge on any atom is 0.237 e. The molecule has 2 rings (SSSR count). The molecule has 0 saturated heterocycles. The highest BCUT2D eigenvalue weighted by Gasteiger charge is 2.46. The minimum atomic E-state index is -0.428. The molecule has 2 aliphatic rings. The minimum absolute atomic E-state index is 0.185. The second-order valence-electron chi connectivity index (χ2n) is 4.67. The number of nitrogens with two attached hydrogens (primary N) is 1. The monoisotopic (exact) mass is 182 g/mol. The fourth-order valence-electron chi connectivity index (χ4n) is 1.77. The number of hydrogen-bond acceptors (Lipinski definition) is 2.